The zero-order valence-corrected chi connectivity index (χ0v) is 24.5. The van der Waals surface area contributed by atoms with Gasteiger partial charge in [0.15, 0.2) is 0 Å². The smallest absolute Gasteiger partial charge is 0.872 e. The molecule has 2 aromatic rings. The minimum absolute atomic E-state index is 0. The van der Waals surface area contributed by atoms with Crippen LogP contribution in [-0.4, -0.2) is 23.5 Å². The van der Waals surface area contributed by atoms with E-state index in [2.05, 4.69) is 0 Å². The van der Waals surface area contributed by atoms with Gasteiger partial charge >= 0.3 is 16.8 Å². The van der Waals surface area contributed by atoms with E-state index in [1.807, 2.05) is 107 Å². The normalized spacial score (nSPS) is 13.5. The minimum Gasteiger partial charge on any atom is -0.872 e. The fourth-order valence-corrected chi connectivity index (χ4v) is 3.69. The maximum Gasteiger partial charge on any atom is 2.00 e. The zero-order chi connectivity index (χ0) is 26.3. The molecule has 0 saturated heterocycles. The molecule has 193 valence electrons. The van der Waals surface area contributed by atoms with Crippen LogP contribution in [0.5, 0.6) is 11.5 Å². The van der Waals surface area contributed by atoms with E-state index in [9.17, 15) is 10.2 Å². The Morgan fingerprint density at radius 2 is 0.857 bits per heavy atom. The summed E-state index contributed by atoms with van der Waals surface area (Å²) in [5, 5.41) is 26.1. The van der Waals surface area contributed by atoms with Gasteiger partial charge in [-0.15, -0.1) is 0 Å². The molecule has 4 nitrogen and oxygen atoms in total. The molecule has 0 heterocycles. The molecule has 0 aliphatic rings. The van der Waals surface area contributed by atoms with E-state index in [0.29, 0.717) is 11.1 Å². The molecule has 5 heteroatoms. The summed E-state index contributed by atoms with van der Waals surface area (Å²) in [4.78, 5) is 9.63. The molecule has 0 N–H and O–H groups in total. The van der Waals surface area contributed by atoms with Gasteiger partial charge in [-0.05, 0) is 74.6 Å². The van der Waals surface area contributed by atoms with Gasteiger partial charge in [0.1, 0.15) is 0 Å². The summed E-state index contributed by atoms with van der Waals surface area (Å²) in [6, 6.07) is 7.70. The van der Waals surface area contributed by atoms with Crippen molar-refractivity contribution >= 4 is 12.4 Å². The Hall–Kier alpha value is -2.11. The van der Waals surface area contributed by atoms with E-state index in [1.54, 1.807) is 12.4 Å². The van der Waals surface area contributed by atoms with Gasteiger partial charge in [0.05, 0.1) is 11.1 Å². The van der Waals surface area contributed by atoms with E-state index in [1.165, 1.54) is 0 Å². The maximum absolute atomic E-state index is 13.1. The SMILES string of the molecule is Cc1cc(C=NC(C)(C)C(C)(C)N=Cc2cc(C)cc(C(C)(C)C)c2[O-])c([O-])c(C(C)(C)C)c1.[Co+2]. The van der Waals surface area contributed by atoms with Crippen LogP contribution in [0.3, 0.4) is 0 Å². The number of aryl methyl sites for hydroxylation is 2. The van der Waals surface area contributed by atoms with Crippen molar-refractivity contribution in [3.63, 3.8) is 0 Å². The Morgan fingerprint density at radius 1 is 0.571 bits per heavy atom. The molecule has 0 spiro atoms. The fourth-order valence-electron chi connectivity index (χ4n) is 3.69. The van der Waals surface area contributed by atoms with Crippen LogP contribution in [0.15, 0.2) is 34.3 Å². The first-order valence-corrected chi connectivity index (χ1v) is 12.0. The summed E-state index contributed by atoms with van der Waals surface area (Å²) in [6.07, 6.45) is 3.37. The molecule has 35 heavy (non-hydrogen) atoms. The molecule has 1 radical (unpaired) electrons. The summed E-state index contributed by atoms with van der Waals surface area (Å²) >= 11 is 0. The monoisotopic (exact) mass is 521 g/mol. The van der Waals surface area contributed by atoms with Gasteiger partial charge in [0.25, 0.3) is 0 Å². The van der Waals surface area contributed by atoms with Crippen molar-refractivity contribution in [2.45, 2.75) is 105 Å². The molecule has 0 saturated carbocycles. The van der Waals surface area contributed by atoms with E-state index in [-0.39, 0.29) is 39.1 Å². The molecule has 2 aromatic carbocycles. The second-order valence-corrected chi connectivity index (χ2v) is 12.6. The molecule has 0 bridgehead atoms. The summed E-state index contributed by atoms with van der Waals surface area (Å²) < 4.78 is 0. The molecule has 0 aliphatic heterocycles. The van der Waals surface area contributed by atoms with E-state index < -0.39 is 11.1 Å². The first-order chi connectivity index (χ1) is 15.3. The summed E-state index contributed by atoms with van der Waals surface area (Å²) in [7, 11) is 0. The number of aliphatic imine (C=N–C) groups is 2. The van der Waals surface area contributed by atoms with Gasteiger partial charge in [-0.25, -0.2) is 0 Å². The van der Waals surface area contributed by atoms with Crippen LogP contribution in [0, 0.1) is 13.8 Å². The van der Waals surface area contributed by atoms with Crippen LogP contribution in [0.2, 0.25) is 0 Å². The molecule has 0 aliphatic carbocycles. The number of hydrogen-bond acceptors (Lipinski definition) is 4. The van der Waals surface area contributed by atoms with E-state index in [0.717, 1.165) is 22.3 Å². The van der Waals surface area contributed by atoms with Crippen molar-refractivity contribution in [2.24, 2.45) is 9.98 Å². The Labute approximate surface area is 223 Å². The fraction of sp³-hybridized carbons (Fsp3) is 0.533. The predicted molar refractivity (Wildman–Crippen MR) is 142 cm³/mol. The Kier molecular flexibility index (Phi) is 9.25. The molecular weight excluding hydrogens is 479 g/mol. The first kappa shape index (κ1) is 30.9. The van der Waals surface area contributed by atoms with Crippen LogP contribution < -0.4 is 10.2 Å². The second-order valence-electron chi connectivity index (χ2n) is 12.6. The van der Waals surface area contributed by atoms with Crippen molar-refractivity contribution in [1.29, 1.82) is 0 Å². The van der Waals surface area contributed by atoms with Crippen molar-refractivity contribution < 1.29 is 27.0 Å². The number of hydrogen-bond donors (Lipinski definition) is 0. The summed E-state index contributed by atoms with van der Waals surface area (Å²) in [5.41, 5.74) is 3.16. The number of benzene rings is 2. The maximum atomic E-state index is 13.1. The Balaban J connectivity index is 0.00000612. The standard InChI is InChI=1S/C30H44N2O2.Co/c1-19-13-21(25(33)23(15-19)27(3,4)5)17-31-29(9,10)30(11,12)32-18-22-14-20(2)16-24(26(22)34)28(6,7)8;/h13-18,33-34H,1-12H3;/q;+2/p-2. The van der Waals surface area contributed by atoms with Crippen molar-refractivity contribution in [2.75, 3.05) is 0 Å². The number of nitrogens with zero attached hydrogens (tertiary/aromatic N) is 2. The van der Waals surface area contributed by atoms with Crippen LogP contribution in [0.1, 0.15) is 103 Å². The molecule has 0 fully saturated rings. The second kappa shape index (κ2) is 10.5. The van der Waals surface area contributed by atoms with Gasteiger partial charge in [-0.2, -0.15) is 0 Å². The molecule has 0 unspecified atom stereocenters. The van der Waals surface area contributed by atoms with E-state index in [4.69, 9.17) is 9.98 Å². The average molecular weight is 522 g/mol. The first-order valence-electron chi connectivity index (χ1n) is 12.0. The van der Waals surface area contributed by atoms with Crippen molar-refractivity contribution in [3.05, 3.63) is 57.6 Å². The molecule has 0 atom stereocenters. The van der Waals surface area contributed by atoms with Gasteiger partial charge in [0.2, 0.25) is 0 Å². The molecule has 2 rings (SSSR count). The van der Waals surface area contributed by atoms with Crippen LogP contribution in [-0.2, 0) is 27.6 Å². The minimum atomic E-state index is -0.610. The summed E-state index contributed by atoms with van der Waals surface area (Å²) in [6.45, 7) is 24.3. The zero-order valence-electron chi connectivity index (χ0n) is 23.5. The third-order valence-corrected chi connectivity index (χ3v) is 6.69. The van der Waals surface area contributed by atoms with Gasteiger partial charge in [-0.1, -0.05) is 88.4 Å². The van der Waals surface area contributed by atoms with Crippen LogP contribution in [0.25, 0.3) is 0 Å². The molecule has 0 amide bonds. The van der Waals surface area contributed by atoms with Crippen molar-refractivity contribution in [1.82, 2.24) is 0 Å². The van der Waals surface area contributed by atoms with Crippen LogP contribution in [0.4, 0.5) is 0 Å². The van der Waals surface area contributed by atoms with Gasteiger partial charge in [-0.3, -0.25) is 9.98 Å². The van der Waals surface area contributed by atoms with Crippen molar-refractivity contribution in [3.8, 4) is 11.5 Å². The topological polar surface area (TPSA) is 70.8 Å². The largest absolute Gasteiger partial charge is 2.00 e. The predicted octanol–water partition coefficient (Wildman–Crippen LogP) is 6.14. The Bertz CT molecular complexity index is 1030. The third-order valence-electron chi connectivity index (χ3n) is 6.69. The number of rotatable bonds is 5. The van der Waals surface area contributed by atoms with Gasteiger partial charge in [0, 0.05) is 12.4 Å². The Morgan fingerprint density at radius 3 is 1.11 bits per heavy atom. The summed E-state index contributed by atoms with van der Waals surface area (Å²) in [5.74, 6) is 0.0360. The van der Waals surface area contributed by atoms with Crippen LogP contribution >= 0.6 is 0 Å². The molecule has 0 aromatic heterocycles. The average Bonchev–Trinajstić information content (AvgIpc) is 2.66. The quantitative estimate of drug-likeness (QED) is 0.444. The third kappa shape index (κ3) is 7.20. The molecular formula is C30H42CoN2O2. The van der Waals surface area contributed by atoms with E-state index >= 15 is 0 Å². The van der Waals surface area contributed by atoms with Gasteiger partial charge < -0.3 is 10.2 Å².